The first-order valence-electron chi connectivity index (χ1n) is 10.5. The highest BCUT2D eigenvalue weighted by Crippen LogP contribution is 2.40. The van der Waals surface area contributed by atoms with Gasteiger partial charge in [0.15, 0.2) is 0 Å². The standard InChI is InChI=1S/C25H31NO2/c1-4-27-23-13-9-22(10-14-23)26-16-25(17-26)28-24-11-7-21(8-12-24)19(3)15-18(2)20-5-6-20/h7-14,19-20,25H,2,4-6,15-17H2,1,3H3/t19-/m1/s1. The molecule has 3 heteroatoms. The fraction of sp³-hybridized carbons (Fsp3) is 0.440. The van der Waals surface area contributed by atoms with Crippen LogP contribution in [0.25, 0.3) is 0 Å². The predicted octanol–water partition coefficient (Wildman–Crippen LogP) is 5.81. The second-order valence-electron chi connectivity index (χ2n) is 8.18. The summed E-state index contributed by atoms with van der Waals surface area (Å²) in [5.74, 6) is 3.21. The van der Waals surface area contributed by atoms with E-state index in [1.165, 1.54) is 29.7 Å². The van der Waals surface area contributed by atoms with Gasteiger partial charge in [0.05, 0.1) is 19.7 Å². The molecule has 2 aromatic rings. The molecule has 0 aromatic heterocycles. The summed E-state index contributed by atoms with van der Waals surface area (Å²) in [6.45, 7) is 11.1. The number of hydrogen-bond donors (Lipinski definition) is 0. The number of allylic oxidation sites excluding steroid dienone is 1. The van der Waals surface area contributed by atoms with Crippen LogP contribution < -0.4 is 14.4 Å². The van der Waals surface area contributed by atoms with Crippen LogP contribution in [0.2, 0.25) is 0 Å². The molecule has 1 atom stereocenters. The lowest BCUT2D eigenvalue weighted by molar-refractivity contribution is 0.167. The van der Waals surface area contributed by atoms with Gasteiger partial charge in [0, 0.05) is 5.69 Å². The van der Waals surface area contributed by atoms with Crippen molar-refractivity contribution in [3.8, 4) is 11.5 Å². The second-order valence-corrected chi connectivity index (χ2v) is 8.18. The Balaban J connectivity index is 1.24. The molecule has 1 aliphatic carbocycles. The number of ether oxygens (including phenoxy) is 2. The number of hydrogen-bond acceptors (Lipinski definition) is 3. The minimum absolute atomic E-state index is 0.254. The van der Waals surface area contributed by atoms with Crippen molar-refractivity contribution in [1.29, 1.82) is 0 Å². The van der Waals surface area contributed by atoms with Gasteiger partial charge in [0.2, 0.25) is 0 Å². The van der Waals surface area contributed by atoms with Crippen LogP contribution in [0.4, 0.5) is 5.69 Å². The zero-order valence-corrected chi connectivity index (χ0v) is 17.1. The maximum absolute atomic E-state index is 6.14. The third-order valence-corrected chi connectivity index (χ3v) is 5.84. The highest BCUT2D eigenvalue weighted by molar-refractivity contribution is 5.51. The minimum Gasteiger partial charge on any atom is -0.494 e. The molecule has 0 unspecified atom stereocenters. The summed E-state index contributed by atoms with van der Waals surface area (Å²) in [5.41, 5.74) is 4.03. The van der Waals surface area contributed by atoms with Crippen molar-refractivity contribution < 1.29 is 9.47 Å². The van der Waals surface area contributed by atoms with Crippen LogP contribution >= 0.6 is 0 Å². The molecule has 28 heavy (non-hydrogen) atoms. The third-order valence-electron chi connectivity index (χ3n) is 5.84. The summed E-state index contributed by atoms with van der Waals surface area (Å²) < 4.78 is 11.7. The molecular weight excluding hydrogens is 346 g/mol. The molecule has 0 N–H and O–H groups in total. The zero-order valence-electron chi connectivity index (χ0n) is 17.1. The third kappa shape index (κ3) is 4.52. The summed E-state index contributed by atoms with van der Waals surface area (Å²) in [4.78, 5) is 2.33. The van der Waals surface area contributed by atoms with E-state index in [1.807, 2.05) is 19.1 Å². The fourth-order valence-corrected chi connectivity index (χ4v) is 3.88. The Kier molecular flexibility index (Phi) is 5.61. The Morgan fingerprint density at radius 3 is 2.29 bits per heavy atom. The van der Waals surface area contributed by atoms with E-state index in [1.54, 1.807) is 0 Å². The maximum Gasteiger partial charge on any atom is 0.133 e. The van der Waals surface area contributed by atoms with Gasteiger partial charge >= 0.3 is 0 Å². The van der Waals surface area contributed by atoms with Gasteiger partial charge in [-0.2, -0.15) is 0 Å². The Labute approximate surface area is 169 Å². The normalized spacial score (nSPS) is 17.7. The summed E-state index contributed by atoms with van der Waals surface area (Å²) in [7, 11) is 0. The molecular formula is C25H31NO2. The lowest BCUT2D eigenvalue weighted by atomic mass is 9.92. The van der Waals surface area contributed by atoms with E-state index in [4.69, 9.17) is 9.47 Å². The van der Waals surface area contributed by atoms with Crippen molar-refractivity contribution in [1.82, 2.24) is 0 Å². The Morgan fingerprint density at radius 1 is 1.04 bits per heavy atom. The van der Waals surface area contributed by atoms with Crippen molar-refractivity contribution in [2.24, 2.45) is 5.92 Å². The molecule has 1 saturated carbocycles. The average molecular weight is 378 g/mol. The molecule has 2 aromatic carbocycles. The molecule has 0 amide bonds. The van der Waals surface area contributed by atoms with Gasteiger partial charge in [-0.25, -0.2) is 0 Å². The molecule has 2 aliphatic rings. The lowest BCUT2D eigenvalue weighted by Crippen LogP contribution is -2.54. The van der Waals surface area contributed by atoms with Crippen molar-refractivity contribution in [2.75, 3.05) is 24.6 Å². The molecule has 4 rings (SSSR count). The molecule has 0 spiro atoms. The van der Waals surface area contributed by atoms with Crippen molar-refractivity contribution >= 4 is 5.69 Å². The SMILES string of the molecule is C=C(C[C@@H](C)c1ccc(OC2CN(c3ccc(OCC)cc3)C2)cc1)C1CC1. The van der Waals surface area contributed by atoms with Gasteiger partial charge in [-0.15, -0.1) is 0 Å². The van der Waals surface area contributed by atoms with Gasteiger partial charge in [-0.3, -0.25) is 0 Å². The maximum atomic E-state index is 6.14. The van der Waals surface area contributed by atoms with Crippen molar-refractivity contribution in [3.63, 3.8) is 0 Å². The largest absolute Gasteiger partial charge is 0.494 e. The molecule has 148 valence electrons. The van der Waals surface area contributed by atoms with Crippen molar-refractivity contribution in [3.05, 3.63) is 66.2 Å². The lowest BCUT2D eigenvalue weighted by Gasteiger charge is -2.40. The van der Waals surface area contributed by atoms with Gasteiger partial charge in [0.25, 0.3) is 0 Å². The van der Waals surface area contributed by atoms with E-state index in [2.05, 4.69) is 54.8 Å². The van der Waals surface area contributed by atoms with Crippen molar-refractivity contribution in [2.45, 2.75) is 45.1 Å². The highest BCUT2D eigenvalue weighted by Gasteiger charge is 2.29. The van der Waals surface area contributed by atoms with Crippen LogP contribution in [0, 0.1) is 5.92 Å². The monoisotopic (exact) mass is 377 g/mol. The van der Waals surface area contributed by atoms with Gasteiger partial charge < -0.3 is 14.4 Å². The molecule has 1 saturated heterocycles. The second kappa shape index (κ2) is 8.30. The Morgan fingerprint density at radius 2 is 1.68 bits per heavy atom. The molecule has 1 heterocycles. The van der Waals surface area contributed by atoms with E-state index >= 15 is 0 Å². The van der Waals surface area contributed by atoms with Gasteiger partial charge in [0.1, 0.15) is 17.6 Å². The first-order valence-corrected chi connectivity index (χ1v) is 10.5. The smallest absolute Gasteiger partial charge is 0.133 e. The highest BCUT2D eigenvalue weighted by atomic mass is 16.5. The van der Waals surface area contributed by atoms with Crippen LogP contribution in [0.5, 0.6) is 11.5 Å². The Hall–Kier alpha value is -2.42. The van der Waals surface area contributed by atoms with Gasteiger partial charge in [-0.1, -0.05) is 31.2 Å². The van der Waals surface area contributed by atoms with E-state index in [0.717, 1.165) is 36.9 Å². The number of anilines is 1. The first kappa shape index (κ1) is 18.9. The van der Waals surface area contributed by atoms with E-state index in [0.29, 0.717) is 12.5 Å². The van der Waals surface area contributed by atoms with E-state index < -0.39 is 0 Å². The zero-order chi connectivity index (χ0) is 19.5. The summed E-state index contributed by atoms with van der Waals surface area (Å²) >= 11 is 0. The number of rotatable bonds is 9. The van der Waals surface area contributed by atoms with Crippen LogP contribution in [0.1, 0.15) is 44.6 Å². The molecule has 1 aliphatic heterocycles. The number of nitrogens with zero attached hydrogens (tertiary/aromatic N) is 1. The molecule has 0 bridgehead atoms. The predicted molar refractivity (Wildman–Crippen MR) is 116 cm³/mol. The first-order chi connectivity index (χ1) is 13.6. The molecule has 3 nitrogen and oxygen atoms in total. The number of benzene rings is 2. The van der Waals surface area contributed by atoms with E-state index in [9.17, 15) is 0 Å². The summed E-state index contributed by atoms with van der Waals surface area (Å²) in [5, 5.41) is 0. The minimum atomic E-state index is 0.254. The van der Waals surface area contributed by atoms with Gasteiger partial charge in [-0.05, 0) is 80.0 Å². The molecule has 2 fully saturated rings. The van der Waals surface area contributed by atoms with E-state index in [-0.39, 0.29) is 6.10 Å². The van der Waals surface area contributed by atoms with Crippen LogP contribution in [-0.2, 0) is 0 Å². The molecule has 0 radical (unpaired) electrons. The summed E-state index contributed by atoms with van der Waals surface area (Å²) in [6.07, 6.45) is 4.04. The topological polar surface area (TPSA) is 21.7 Å². The quantitative estimate of drug-likeness (QED) is 0.515. The Bertz CT molecular complexity index is 786. The van der Waals surface area contributed by atoms with Crippen LogP contribution in [-0.4, -0.2) is 25.8 Å². The summed E-state index contributed by atoms with van der Waals surface area (Å²) in [6, 6.07) is 17.0. The van der Waals surface area contributed by atoms with Crippen LogP contribution in [0.3, 0.4) is 0 Å². The fourth-order valence-electron chi connectivity index (χ4n) is 3.88. The van der Waals surface area contributed by atoms with Crippen LogP contribution in [0.15, 0.2) is 60.7 Å². The average Bonchev–Trinajstić information content (AvgIpc) is 3.51.